The van der Waals surface area contributed by atoms with Crippen LogP contribution in [0.5, 0.6) is 0 Å². The van der Waals surface area contributed by atoms with Gasteiger partial charge in [-0.1, -0.05) is 11.8 Å². The van der Waals surface area contributed by atoms with E-state index in [2.05, 4.69) is 22.2 Å². The van der Waals surface area contributed by atoms with Crippen LogP contribution in [-0.4, -0.2) is 47.6 Å². The summed E-state index contributed by atoms with van der Waals surface area (Å²) in [6.07, 6.45) is 0.498. The largest absolute Gasteiger partial charge is 0.352 e. The molecule has 1 N–H and O–H groups in total. The summed E-state index contributed by atoms with van der Waals surface area (Å²) in [5.74, 6) is 0.952. The predicted molar refractivity (Wildman–Crippen MR) is 97.6 cm³/mol. The number of thiophene rings is 1. The Morgan fingerprint density at radius 2 is 2.08 bits per heavy atom. The normalized spacial score (nSPS) is 19.7. The SMILES string of the molecule is Cc1nc(SCC(=O)N[C@H]2CCS(=O)(=O)C2)c2c(C)c(C)sc2n1. The molecule has 0 aromatic carbocycles. The van der Waals surface area contributed by atoms with Crippen LogP contribution in [0.2, 0.25) is 0 Å². The molecule has 9 heteroatoms. The van der Waals surface area contributed by atoms with Crippen molar-refractivity contribution in [2.24, 2.45) is 0 Å². The number of aryl methyl sites for hydroxylation is 3. The van der Waals surface area contributed by atoms with E-state index in [1.807, 2.05) is 13.8 Å². The van der Waals surface area contributed by atoms with Crippen LogP contribution < -0.4 is 5.32 Å². The van der Waals surface area contributed by atoms with E-state index in [-0.39, 0.29) is 29.2 Å². The number of carbonyl (C=O) groups excluding carboxylic acids is 1. The van der Waals surface area contributed by atoms with Crippen molar-refractivity contribution in [3.63, 3.8) is 0 Å². The van der Waals surface area contributed by atoms with E-state index in [4.69, 9.17) is 0 Å². The number of aromatic nitrogens is 2. The number of nitrogens with zero attached hydrogens (tertiary/aromatic N) is 2. The fourth-order valence-electron chi connectivity index (χ4n) is 2.73. The molecule has 1 aliphatic heterocycles. The van der Waals surface area contributed by atoms with Crippen molar-refractivity contribution in [1.82, 2.24) is 15.3 Å². The standard InChI is InChI=1S/C15H19N3O3S3/c1-8-9(2)23-15-13(8)14(16-10(3)17-15)22-6-12(19)18-11-4-5-24(20,21)7-11/h11H,4-7H2,1-3H3,(H,18,19)/t11-/m0/s1. The van der Waals surface area contributed by atoms with Crippen LogP contribution in [0, 0.1) is 20.8 Å². The van der Waals surface area contributed by atoms with Gasteiger partial charge in [-0.3, -0.25) is 4.79 Å². The smallest absolute Gasteiger partial charge is 0.230 e. The van der Waals surface area contributed by atoms with Crippen molar-refractivity contribution in [2.45, 2.75) is 38.3 Å². The summed E-state index contributed by atoms with van der Waals surface area (Å²) in [6, 6.07) is -0.264. The highest BCUT2D eigenvalue weighted by molar-refractivity contribution is 8.00. The van der Waals surface area contributed by atoms with Gasteiger partial charge in [0.05, 0.1) is 17.3 Å². The molecule has 130 valence electrons. The monoisotopic (exact) mass is 385 g/mol. The van der Waals surface area contributed by atoms with Crippen LogP contribution >= 0.6 is 23.1 Å². The molecule has 1 atom stereocenters. The summed E-state index contributed by atoms with van der Waals surface area (Å²) in [6.45, 7) is 5.94. The number of sulfone groups is 1. The number of hydrogen-bond acceptors (Lipinski definition) is 7. The molecule has 1 saturated heterocycles. The zero-order valence-electron chi connectivity index (χ0n) is 13.7. The third kappa shape index (κ3) is 3.73. The first-order chi connectivity index (χ1) is 11.2. The minimum absolute atomic E-state index is 0.0447. The van der Waals surface area contributed by atoms with Gasteiger partial charge >= 0.3 is 0 Å². The van der Waals surface area contributed by atoms with Gasteiger partial charge in [0.1, 0.15) is 15.7 Å². The Labute approximate surface area is 149 Å². The van der Waals surface area contributed by atoms with Gasteiger partial charge in [0.2, 0.25) is 5.91 Å². The third-order valence-corrected chi connectivity index (χ3v) is 7.89. The number of nitrogens with one attached hydrogen (secondary N) is 1. The molecule has 0 aliphatic carbocycles. The minimum atomic E-state index is -2.99. The van der Waals surface area contributed by atoms with Gasteiger partial charge in [-0.25, -0.2) is 18.4 Å². The first-order valence-electron chi connectivity index (χ1n) is 7.62. The lowest BCUT2D eigenvalue weighted by Crippen LogP contribution is -2.36. The average molecular weight is 386 g/mol. The van der Waals surface area contributed by atoms with Gasteiger partial charge in [-0.05, 0) is 32.8 Å². The second-order valence-corrected chi connectivity index (χ2v) is 10.4. The number of fused-ring (bicyclic) bond motifs is 1. The van der Waals surface area contributed by atoms with Gasteiger partial charge in [0, 0.05) is 16.3 Å². The van der Waals surface area contributed by atoms with E-state index >= 15 is 0 Å². The van der Waals surface area contributed by atoms with Crippen molar-refractivity contribution in [3.05, 3.63) is 16.3 Å². The molecule has 24 heavy (non-hydrogen) atoms. The lowest BCUT2D eigenvalue weighted by atomic mass is 10.2. The number of thioether (sulfide) groups is 1. The zero-order chi connectivity index (χ0) is 17.5. The van der Waals surface area contributed by atoms with Crippen molar-refractivity contribution >= 4 is 49.1 Å². The van der Waals surface area contributed by atoms with Gasteiger partial charge in [-0.2, -0.15) is 0 Å². The first kappa shape index (κ1) is 17.6. The maximum atomic E-state index is 12.1. The second-order valence-electron chi connectivity index (χ2n) is 6.00. The van der Waals surface area contributed by atoms with Crippen LogP contribution in [0.15, 0.2) is 5.03 Å². The maximum Gasteiger partial charge on any atom is 0.230 e. The summed E-state index contributed by atoms with van der Waals surface area (Å²) in [5, 5.41) is 4.64. The summed E-state index contributed by atoms with van der Waals surface area (Å²) >= 11 is 3.01. The number of carbonyl (C=O) groups is 1. The highest BCUT2D eigenvalue weighted by Crippen LogP contribution is 2.35. The van der Waals surface area contributed by atoms with E-state index in [9.17, 15) is 13.2 Å². The molecule has 0 spiro atoms. The topological polar surface area (TPSA) is 89.0 Å². The molecule has 6 nitrogen and oxygen atoms in total. The molecule has 1 fully saturated rings. The van der Waals surface area contributed by atoms with Crippen LogP contribution in [0.3, 0.4) is 0 Å². The lowest BCUT2D eigenvalue weighted by Gasteiger charge is -2.10. The molecule has 2 aromatic rings. The molecular weight excluding hydrogens is 366 g/mol. The molecule has 0 bridgehead atoms. The molecule has 3 rings (SSSR count). The third-order valence-electron chi connectivity index (χ3n) is 4.04. The molecule has 0 saturated carbocycles. The highest BCUT2D eigenvalue weighted by Gasteiger charge is 2.28. The quantitative estimate of drug-likeness (QED) is 0.640. The summed E-state index contributed by atoms with van der Waals surface area (Å²) in [7, 11) is -2.99. The van der Waals surface area contributed by atoms with Crippen molar-refractivity contribution in [2.75, 3.05) is 17.3 Å². The van der Waals surface area contributed by atoms with Gasteiger partial charge in [0.15, 0.2) is 9.84 Å². The van der Waals surface area contributed by atoms with Gasteiger partial charge in [-0.15, -0.1) is 11.3 Å². The molecule has 3 heterocycles. The fourth-order valence-corrected chi connectivity index (χ4v) is 6.49. The molecule has 0 radical (unpaired) electrons. The predicted octanol–water partition coefficient (Wildman–Crippen LogP) is 2.01. The van der Waals surface area contributed by atoms with E-state index in [0.717, 1.165) is 20.8 Å². The second kappa shape index (κ2) is 6.61. The Morgan fingerprint density at radius 3 is 2.75 bits per heavy atom. The van der Waals surface area contributed by atoms with Crippen LogP contribution in [0.4, 0.5) is 0 Å². The van der Waals surface area contributed by atoms with Crippen LogP contribution in [-0.2, 0) is 14.6 Å². The molecule has 0 unspecified atom stereocenters. The molecule has 1 amide bonds. The lowest BCUT2D eigenvalue weighted by molar-refractivity contribution is -0.119. The summed E-state index contributed by atoms with van der Waals surface area (Å²) in [4.78, 5) is 23.2. The molecule has 2 aromatic heterocycles. The Balaban J connectivity index is 1.70. The van der Waals surface area contributed by atoms with Crippen molar-refractivity contribution < 1.29 is 13.2 Å². The minimum Gasteiger partial charge on any atom is -0.352 e. The average Bonchev–Trinajstić information content (AvgIpc) is 2.96. The van der Waals surface area contributed by atoms with Crippen molar-refractivity contribution in [1.29, 1.82) is 0 Å². The van der Waals surface area contributed by atoms with Crippen molar-refractivity contribution in [3.8, 4) is 0 Å². The molecule has 1 aliphatic rings. The zero-order valence-corrected chi connectivity index (χ0v) is 16.2. The number of rotatable bonds is 4. The van der Waals surface area contributed by atoms with Gasteiger partial charge < -0.3 is 5.32 Å². The van der Waals surface area contributed by atoms with E-state index in [1.54, 1.807) is 11.3 Å². The van der Waals surface area contributed by atoms with Gasteiger partial charge in [0.25, 0.3) is 0 Å². The number of amides is 1. The Morgan fingerprint density at radius 1 is 1.33 bits per heavy atom. The van der Waals surface area contributed by atoms with E-state index in [1.165, 1.54) is 16.6 Å². The van der Waals surface area contributed by atoms with Crippen LogP contribution in [0.1, 0.15) is 22.7 Å². The summed E-state index contributed by atoms with van der Waals surface area (Å²) in [5.41, 5.74) is 1.15. The number of hydrogen-bond donors (Lipinski definition) is 1. The maximum absolute atomic E-state index is 12.1. The Bertz CT molecular complexity index is 906. The van der Waals surface area contributed by atoms with E-state index < -0.39 is 9.84 Å². The highest BCUT2D eigenvalue weighted by atomic mass is 32.2. The Hall–Kier alpha value is -1.19. The molecular formula is C15H19N3O3S3. The Kier molecular flexibility index (Phi) is 4.85. The van der Waals surface area contributed by atoms with Crippen LogP contribution in [0.25, 0.3) is 10.2 Å². The first-order valence-corrected chi connectivity index (χ1v) is 11.2. The summed E-state index contributed by atoms with van der Waals surface area (Å²) < 4.78 is 22.9. The fraction of sp³-hybridized carbons (Fsp3) is 0.533. The van der Waals surface area contributed by atoms with E-state index in [0.29, 0.717) is 12.2 Å².